The third kappa shape index (κ3) is 3.55. The van der Waals surface area contributed by atoms with Crippen molar-refractivity contribution in [3.05, 3.63) is 35.9 Å². The molecule has 4 heteroatoms. The number of ether oxygens (including phenoxy) is 1. The van der Waals surface area contributed by atoms with Gasteiger partial charge in [0.2, 0.25) is 5.91 Å². The molecule has 1 aliphatic heterocycles. The first-order valence-electron chi connectivity index (χ1n) is 6.90. The highest BCUT2D eigenvalue weighted by Gasteiger charge is 2.29. The first kappa shape index (κ1) is 14.0. The van der Waals surface area contributed by atoms with Gasteiger partial charge in [-0.3, -0.25) is 4.79 Å². The van der Waals surface area contributed by atoms with E-state index in [1.54, 1.807) is 0 Å². The SMILES string of the molecule is CCC1COCCN1C(=O)[C@@H](N)Cc1ccccc1. The maximum Gasteiger partial charge on any atom is 0.240 e. The lowest BCUT2D eigenvalue weighted by molar-refractivity contribution is -0.141. The van der Waals surface area contributed by atoms with Crippen LogP contribution in [0.25, 0.3) is 0 Å². The van der Waals surface area contributed by atoms with Crippen LogP contribution in [0.1, 0.15) is 18.9 Å². The minimum Gasteiger partial charge on any atom is -0.377 e. The molecule has 19 heavy (non-hydrogen) atoms. The lowest BCUT2D eigenvalue weighted by Crippen LogP contribution is -2.54. The second-order valence-electron chi connectivity index (χ2n) is 4.96. The zero-order chi connectivity index (χ0) is 13.7. The minimum atomic E-state index is -0.463. The zero-order valence-corrected chi connectivity index (χ0v) is 11.4. The summed E-state index contributed by atoms with van der Waals surface area (Å²) in [5, 5.41) is 0. The summed E-state index contributed by atoms with van der Waals surface area (Å²) in [6, 6.07) is 9.61. The van der Waals surface area contributed by atoms with E-state index in [-0.39, 0.29) is 11.9 Å². The molecule has 1 saturated heterocycles. The van der Waals surface area contributed by atoms with Crippen LogP contribution in [0.4, 0.5) is 0 Å². The summed E-state index contributed by atoms with van der Waals surface area (Å²) in [5.41, 5.74) is 7.17. The Labute approximate surface area is 114 Å². The number of nitrogens with two attached hydrogens (primary N) is 1. The van der Waals surface area contributed by atoms with E-state index >= 15 is 0 Å². The molecular formula is C15H22N2O2. The van der Waals surface area contributed by atoms with Crippen LogP contribution in [-0.4, -0.2) is 42.6 Å². The van der Waals surface area contributed by atoms with Crippen LogP contribution in [0, 0.1) is 0 Å². The Morgan fingerprint density at radius 1 is 1.47 bits per heavy atom. The molecule has 1 aromatic carbocycles. The lowest BCUT2D eigenvalue weighted by Gasteiger charge is -2.36. The molecular weight excluding hydrogens is 240 g/mol. The van der Waals surface area contributed by atoms with E-state index in [9.17, 15) is 4.79 Å². The molecule has 1 aliphatic rings. The van der Waals surface area contributed by atoms with Gasteiger partial charge in [-0.2, -0.15) is 0 Å². The smallest absolute Gasteiger partial charge is 0.240 e. The van der Waals surface area contributed by atoms with Crippen molar-refractivity contribution in [2.75, 3.05) is 19.8 Å². The fourth-order valence-corrected chi connectivity index (χ4v) is 2.45. The Morgan fingerprint density at radius 2 is 2.21 bits per heavy atom. The molecule has 104 valence electrons. The van der Waals surface area contributed by atoms with E-state index < -0.39 is 6.04 Å². The molecule has 1 heterocycles. The summed E-state index contributed by atoms with van der Waals surface area (Å²) in [4.78, 5) is 14.3. The van der Waals surface area contributed by atoms with Crippen LogP contribution in [-0.2, 0) is 16.0 Å². The van der Waals surface area contributed by atoms with Gasteiger partial charge in [-0.25, -0.2) is 0 Å². The zero-order valence-electron chi connectivity index (χ0n) is 11.4. The van der Waals surface area contributed by atoms with Gasteiger partial charge in [0.15, 0.2) is 0 Å². The quantitative estimate of drug-likeness (QED) is 0.887. The average Bonchev–Trinajstić information content (AvgIpc) is 2.47. The van der Waals surface area contributed by atoms with Crippen molar-refractivity contribution >= 4 is 5.91 Å². The monoisotopic (exact) mass is 262 g/mol. The van der Waals surface area contributed by atoms with E-state index in [2.05, 4.69) is 6.92 Å². The Kier molecular flexibility index (Phi) is 4.93. The fourth-order valence-electron chi connectivity index (χ4n) is 2.45. The molecule has 1 fully saturated rings. The molecule has 1 unspecified atom stereocenters. The summed E-state index contributed by atoms with van der Waals surface area (Å²) >= 11 is 0. The van der Waals surface area contributed by atoms with Crippen LogP contribution < -0.4 is 5.73 Å². The number of benzene rings is 1. The molecule has 0 aromatic heterocycles. The van der Waals surface area contributed by atoms with E-state index in [0.29, 0.717) is 26.2 Å². The maximum atomic E-state index is 12.4. The van der Waals surface area contributed by atoms with Gasteiger partial charge < -0.3 is 15.4 Å². The first-order chi connectivity index (χ1) is 9.22. The number of nitrogens with zero attached hydrogens (tertiary/aromatic N) is 1. The Bertz CT molecular complexity index is 408. The molecule has 1 aromatic rings. The Hall–Kier alpha value is -1.39. The molecule has 1 amide bonds. The molecule has 0 radical (unpaired) electrons. The number of hydrogen-bond donors (Lipinski definition) is 1. The summed E-state index contributed by atoms with van der Waals surface area (Å²) < 4.78 is 5.42. The van der Waals surface area contributed by atoms with Crippen LogP contribution >= 0.6 is 0 Å². The van der Waals surface area contributed by atoms with Crippen molar-refractivity contribution in [1.29, 1.82) is 0 Å². The van der Waals surface area contributed by atoms with E-state index in [1.165, 1.54) is 0 Å². The molecule has 0 saturated carbocycles. The second-order valence-corrected chi connectivity index (χ2v) is 4.96. The molecule has 2 atom stereocenters. The van der Waals surface area contributed by atoms with Gasteiger partial charge in [0.05, 0.1) is 25.3 Å². The summed E-state index contributed by atoms with van der Waals surface area (Å²) in [5.74, 6) is 0.0407. The van der Waals surface area contributed by atoms with Gasteiger partial charge in [0, 0.05) is 6.54 Å². The largest absolute Gasteiger partial charge is 0.377 e. The second kappa shape index (κ2) is 6.68. The topological polar surface area (TPSA) is 55.6 Å². The third-order valence-corrected chi connectivity index (χ3v) is 3.60. The summed E-state index contributed by atoms with van der Waals surface area (Å²) in [6.07, 6.45) is 1.50. The van der Waals surface area contributed by atoms with Crippen LogP contribution in [0.3, 0.4) is 0 Å². The van der Waals surface area contributed by atoms with Crippen molar-refractivity contribution in [3.8, 4) is 0 Å². The summed E-state index contributed by atoms with van der Waals surface area (Å²) in [7, 11) is 0. The fraction of sp³-hybridized carbons (Fsp3) is 0.533. The van der Waals surface area contributed by atoms with Gasteiger partial charge in [0.25, 0.3) is 0 Å². The van der Waals surface area contributed by atoms with Crippen molar-refractivity contribution in [3.63, 3.8) is 0 Å². The Morgan fingerprint density at radius 3 is 2.89 bits per heavy atom. The van der Waals surface area contributed by atoms with Gasteiger partial charge in [-0.1, -0.05) is 37.3 Å². The van der Waals surface area contributed by atoms with Crippen molar-refractivity contribution in [2.45, 2.75) is 31.8 Å². The highest BCUT2D eigenvalue weighted by molar-refractivity contribution is 5.82. The minimum absolute atomic E-state index is 0.0407. The number of carbonyl (C=O) groups excluding carboxylic acids is 1. The van der Waals surface area contributed by atoms with Crippen LogP contribution in [0.15, 0.2) is 30.3 Å². The molecule has 4 nitrogen and oxygen atoms in total. The third-order valence-electron chi connectivity index (χ3n) is 3.60. The first-order valence-corrected chi connectivity index (χ1v) is 6.90. The van der Waals surface area contributed by atoms with Gasteiger partial charge >= 0.3 is 0 Å². The van der Waals surface area contributed by atoms with Gasteiger partial charge in [-0.15, -0.1) is 0 Å². The predicted molar refractivity (Wildman–Crippen MR) is 74.7 cm³/mol. The number of carbonyl (C=O) groups is 1. The molecule has 0 aliphatic carbocycles. The van der Waals surface area contributed by atoms with Crippen molar-refractivity contribution < 1.29 is 9.53 Å². The molecule has 2 rings (SSSR count). The summed E-state index contributed by atoms with van der Waals surface area (Å²) in [6.45, 7) is 3.96. The number of morpholine rings is 1. The number of hydrogen-bond acceptors (Lipinski definition) is 3. The average molecular weight is 262 g/mol. The lowest BCUT2D eigenvalue weighted by atomic mass is 10.0. The van der Waals surface area contributed by atoms with Crippen LogP contribution in [0.2, 0.25) is 0 Å². The van der Waals surface area contributed by atoms with E-state index in [0.717, 1.165) is 12.0 Å². The molecule has 0 bridgehead atoms. The highest BCUT2D eigenvalue weighted by Crippen LogP contribution is 2.13. The van der Waals surface area contributed by atoms with Crippen molar-refractivity contribution in [2.24, 2.45) is 5.73 Å². The van der Waals surface area contributed by atoms with Gasteiger partial charge in [0.1, 0.15) is 0 Å². The highest BCUT2D eigenvalue weighted by atomic mass is 16.5. The van der Waals surface area contributed by atoms with E-state index in [1.807, 2.05) is 35.2 Å². The van der Waals surface area contributed by atoms with Gasteiger partial charge in [-0.05, 0) is 18.4 Å². The maximum absolute atomic E-state index is 12.4. The standard InChI is InChI=1S/C15H22N2O2/c1-2-13-11-19-9-8-17(13)15(18)14(16)10-12-6-4-3-5-7-12/h3-7,13-14H,2,8-11,16H2,1H3/t13?,14-/m0/s1. The van der Waals surface area contributed by atoms with Crippen LogP contribution in [0.5, 0.6) is 0 Å². The van der Waals surface area contributed by atoms with E-state index in [4.69, 9.17) is 10.5 Å². The molecule has 0 spiro atoms. The number of rotatable bonds is 4. The molecule has 2 N–H and O–H groups in total. The Balaban J connectivity index is 1.98. The number of amides is 1. The van der Waals surface area contributed by atoms with Crippen molar-refractivity contribution in [1.82, 2.24) is 4.90 Å². The predicted octanol–water partition coefficient (Wildman–Crippen LogP) is 1.19. The normalized spacial score (nSPS) is 21.2.